The smallest absolute Gasteiger partial charge is 0.0332 e. The van der Waals surface area contributed by atoms with E-state index in [1.807, 2.05) is 0 Å². The van der Waals surface area contributed by atoms with Gasteiger partial charge in [-0.1, -0.05) is 48.8 Å². The van der Waals surface area contributed by atoms with Crippen LogP contribution >= 0.6 is 15.9 Å². The molecular weight excluding hydrogens is 324 g/mol. The van der Waals surface area contributed by atoms with E-state index in [1.165, 1.54) is 38.0 Å². The minimum Gasteiger partial charge on any atom is -0.310 e. The molecule has 2 rings (SSSR count). The number of halogens is 1. The average Bonchev–Trinajstić information content (AvgIpc) is 2.43. The third-order valence-electron chi connectivity index (χ3n) is 4.40. The van der Waals surface area contributed by atoms with E-state index in [1.54, 1.807) is 0 Å². The molecule has 1 aliphatic rings. The molecule has 21 heavy (non-hydrogen) atoms. The lowest BCUT2D eigenvalue weighted by molar-refractivity contribution is 0.135. The van der Waals surface area contributed by atoms with Crippen LogP contribution in [-0.2, 0) is 0 Å². The van der Waals surface area contributed by atoms with Crippen LogP contribution in [0.4, 0.5) is 0 Å². The molecule has 1 fully saturated rings. The first-order chi connectivity index (χ1) is 10.1. The van der Waals surface area contributed by atoms with E-state index < -0.39 is 0 Å². The number of nitrogens with one attached hydrogen (secondary N) is 1. The minimum absolute atomic E-state index is 0.468. The molecule has 0 radical (unpaired) electrons. The molecule has 0 spiro atoms. The van der Waals surface area contributed by atoms with E-state index in [0.717, 1.165) is 22.9 Å². The third kappa shape index (κ3) is 5.39. The predicted molar refractivity (Wildman–Crippen MR) is 94.6 cm³/mol. The molecule has 0 amide bonds. The van der Waals surface area contributed by atoms with E-state index in [-0.39, 0.29) is 0 Å². The molecule has 3 heteroatoms. The lowest BCUT2D eigenvalue weighted by atomic mass is 9.91. The van der Waals surface area contributed by atoms with Crippen molar-refractivity contribution >= 4 is 15.9 Å². The van der Waals surface area contributed by atoms with Gasteiger partial charge in [0.05, 0.1) is 0 Å². The summed E-state index contributed by atoms with van der Waals surface area (Å²) in [5.74, 6) is 1.69. The zero-order valence-electron chi connectivity index (χ0n) is 13.6. The van der Waals surface area contributed by atoms with Gasteiger partial charge in [-0.15, -0.1) is 0 Å². The molecule has 0 saturated carbocycles. The largest absolute Gasteiger partial charge is 0.310 e. The molecule has 1 aromatic rings. The van der Waals surface area contributed by atoms with Crippen LogP contribution in [0.2, 0.25) is 0 Å². The summed E-state index contributed by atoms with van der Waals surface area (Å²) in [7, 11) is 0. The van der Waals surface area contributed by atoms with E-state index in [2.05, 4.69) is 71.2 Å². The van der Waals surface area contributed by atoms with Gasteiger partial charge >= 0.3 is 0 Å². The molecule has 2 nitrogen and oxygen atoms in total. The lowest BCUT2D eigenvalue weighted by Crippen LogP contribution is -2.40. The quantitative estimate of drug-likeness (QED) is 0.812. The summed E-state index contributed by atoms with van der Waals surface area (Å²) in [6.45, 7) is 11.7. The standard InChI is InChI=1S/C18H29BrN2/c1-4-20-18(16-5-7-17(19)8-6-16)9-10-21-12-14(2)11-15(3)13-21/h5-8,14-15,18,20H,4,9-13H2,1-3H3. The Labute approximate surface area is 138 Å². The SMILES string of the molecule is CCNC(CCN1CC(C)CC(C)C1)c1ccc(Br)cc1. The Morgan fingerprint density at radius 1 is 1.19 bits per heavy atom. The van der Waals surface area contributed by atoms with Crippen molar-refractivity contribution in [2.24, 2.45) is 11.8 Å². The fourth-order valence-electron chi connectivity index (χ4n) is 3.61. The Kier molecular flexibility index (Phi) is 6.72. The Morgan fingerprint density at radius 2 is 1.81 bits per heavy atom. The normalized spacial score (nSPS) is 25.0. The maximum absolute atomic E-state index is 3.64. The van der Waals surface area contributed by atoms with Gasteiger partial charge in [-0.05, 0) is 55.5 Å². The van der Waals surface area contributed by atoms with Gasteiger partial charge in [0.2, 0.25) is 0 Å². The summed E-state index contributed by atoms with van der Waals surface area (Å²) >= 11 is 3.52. The third-order valence-corrected chi connectivity index (χ3v) is 4.93. The van der Waals surface area contributed by atoms with E-state index in [9.17, 15) is 0 Å². The van der Waals surface area contributed by atoms with Crippen molar-refractivity contribution in [1.82, 2.24) is 10.2 Å². The van der Waals surface area contributed by atoms with Crippen molar-refractivity contribution in [3.63, 3.8) is 0 Å². The van der Waals surface area contributed by atoms with Gasteiger partial charge in [-0.25, -0.2) is 0 Å². The first kappa shape index (κ1) is 17.0. The molecule has 1 aliphatic heterocycles. The highest BCUT2D eigenvalue weighted by atomic mass is 79.9. The van der Waals surface area contributed by atoms with Crippen molar-refractivity contribution in [1.29, 1.82) is 0 Å². The Balaban J connectivity index is 1.92. The van der Waals surface area contributed by atoms with Crippen LogP contribution in [-0.4, -0.2) is 31.1 Å². The first-order valence-electron chi connectivity index (χ1n) is 8.29. The van der Waals surface area contributed by atoms with Gasteiger partial charge in [0, 0.05) is 23.6 Å². The number of likely N-dealkylation sites (tertiary alicyclic amines) is 1. The lowest BCUT2D eigenvalue weighted by Gasteiger charge is -2.35. The van der Waals surface area contributed by atoms with E-state index in [0.29, 0.717) is 6.04 Å². The molecule has 0 aromatic heterocycles. The molecule has 1 heterocycles. The van der Waals surface area contributed by atoms with Gasteiger partial charge in [0.1, 0.15) is 0 Å². The maximum Gasteiger partial charge on any atom is 0.0332 e. The fourth-order valence-corrected chi connectivity index (χ4v) is 3.88. The Hall–Kier alpha value is -0.380. The topological polar surface area (TPSA) is 15.3 Å². The van der Waals surface area contributed by atoms with Gasteiger partial charge in [0.25, 0.3) is 0 Å². The van der Waals surface area contributed by atoms with Crippen molar-refractivity contribution in [2.75, 3.05) is 26.2 Å². The van der Waals surface area contributed by atoms with E-state index >= 15 is 0 Å². The van der Waals surface area contributed by atoms with Gasteiger partial charge in [-0.2, -0.15) is 0 Å². The summed E-state index contributed by atoms with van der Waals surface area (Å²) in [6.07, 6.45) is 2.58. The maximum atomic E-state index is 3.64. The second-order valence-corrected chi connectivity index (χ2v) is 7.57. The Morgan fingerprint density at radius 3 is 2.38 bits per heavy atom. The van der Waals surface area contributed by atoms with E-state index in [4.69, 9.17) is 0 Å². The second-order valence-electron chi connectivity index (χ2n) is 6.66. The van der Waals surface area contributed by atoms with Crippen LogP contribution in [0.25, 0.3) is 0 Å². The molecule has 1 saturated heterocycles. The number of hydrogen-bond donors (Lipinski definition) is 1. The summed E-state index contributed by atoms with van der Waals surface area (Å²) in [4.78, 5) is 2.65. The monoisotopic (exact) mass is 352 g/mol. The molecule has 118 valence electrons. The van der Waals surface area contributed by atoms with Crippen LogP contribution in [0.1, 0.15) is 45.2 Å². The summed E-state index contributed by atoms with van der Waals surface area (Å²) in [5, 5.41) is 3.64. The van der Waals surface area contributed by atoms with Crippen molar-refractivity contribution < 1.29 is 0 Å². The van der Waals surface area contributed by atoms with Crippen molar-refractivity contribution in [3.05, 3.63) is 34.3 Å². The molecule has 3 atom stereocenters. The number of piperidine rings is 1. The average molecular weight is 353 g/mol. The van der Waals surface area contributed by atoms with Gasteiger partial charge < -0.3 is 10.2 Å². The second kappa shape index (κ2) is 8.30. The van der Waals surface area contributed by atoms with Crippen LogP contribution in [0.3, 0.4) is 0 Å². The van der Waals surface area contributed by atoms with Crippen LogP contribution in [0.15, 0.2) is 28.7 Å². The number of benzene rings is 1. The molecule has 0 bridgehead atoms. The van der Waals surface area contributed by atoms with Crippen molar-refractivity contribution in [2.45, 2.75) is 39.7 Å². The number of nitrogens with zero attached hydrogens (tertiary/aromatic N) is 1. The molecular formula is C18H29BrN2. The Bertz CT molecular complexity index is 408. The van der Waals surface area contributed by atoms with Gasteiger partial charge in [-0.3, -0.25) is 0 Å². The minimum atomic E-state index is 0.468. The van der Waals surface area contributed by atoms with Gasteiger partial charge in [0.15, 0.2) is 0 Å². The fraction of sp³-hybridized carbons (Fsp3) is 0.667. The molecule has 3 unspecified atom stereocenters. The summed E-state index contributed by atoms with van der Waals surface area (Å²) < 4.78 is 1.15. The van der Waals surface area contributed by atoms with Crippen LogP contribution in [0.5, 0.6) is 0 Å². The molecule has 1 N–H and O–H groups in total. The summed E-state index contributed by atoms with van der Waals surface area (Å²) in [6, 6.07) is 9.23. The zero-order chi connectivity index (χ0) is 15.2. The predicted octanol–water partition coefficient (Wildman–Crippen LogP) is 4.47. The molecule has 1 aromatic carbocycles. The van der Waals surface area contributed by atoms with Crippen LogP contribution in [0, 0.1) is 11.8 Å². The highest BCUT2D eigenvalue weighted by molar-refractivity contribution is 9.10. The molecule has 0 aliphatic carbocycles. The highest BCUT2D eigenvalue weighted by Crippen LogP contribution is 2.24. The number of rotatable bonds is 6. The highest BCUT2D eigenvalue weighted by Gasteiger charge is 2.22. The number of hydrogen-bond acceptors (Lipinski definition) is 2. The zero-order valence-corrected chi connectivity index (χ0v) is 15.2. The van der Waals surface area contributed by atoms with Crippen LogP contribution < -0.4 is 5.32 Å². The first-order valence-corrected chi connectivity index (χ1v) is 9.09. The summed E-state index contributed by atoms with van der Waals surface area (Å²) in [5.41, 5.74) is 1.40. The van der Waals surface area contributed by atoms with Crippen molar-refractivity contribution in [3.8, 4) is 0 Å².